The zero-order valence-corrected chi connectivity index (χ0v) is 12.6. The number of carbonyl (C=O) groups excluding carboxylic acids is 1. The predicted molar refractivity (Wildman–Crippen MR) is 79.3 cm³/mol. The van der Waals surface area contributed by atoms with Gasteiger partial charge in [0.05, 0.1) is 22.3 Å². The third-order valence-electron chi connectivity index (χ3n) is 2.14. The summed E-state index contributed by atoms with van der Waals surface area (Å²) in [5, 5.41) is 2.99. The first-order valence-corrected chi connectivity index (χ1v) is 7.56. The normalized spacial score (nSPS) is 12.2. The first-order chi connectivity index (χ1) is 8.93. The van der Waals surface area contributed by atoms with Crippen molar-refractivity contribution in [3.05, 3.63) is 22.2 Å². The molecule has 0 aliphatic heterocycles. The van der Waals surface area contributed by atoms with E-state index in [2.05, 4.69) is 5.32 Å². The Hall–Kier alpha value is -0.820. The summed E-state index contributed by atoms with van der Waals surface area (Å²) in [5.41, 5.74) is 6.22. The number of benzene rings is 1. The number of rotatable bonds is 6. The van der Waals surface area contributed by atoms with Crippen molar-refractivity contribution in [2.45, 2.75) is 0 Å². The lowest BCUT2D eigenvalue weighted by atomic mass is 10.3. The van der Waals surface area contributed by atoms with Gasteiger partial charge in [-0.3, -0.25) is 9.00 Å². The van der Waals surface area contributed by atoms with Gasteiger partial charge in [0.1, 0.15) is 5.75 Å². The minimum absolute atomic E-state index is 0.138. The van der Waals surface area contributed by atoms with Crippen molar-refractivity contribution < 1.29 is 13.7 Å². The van der Waals surface area contributed by atoms with E-state index in [-0.39, 0.29) is 21.5 Å². The van der Waals surface area contributed by atoms with Crippen LogP contribution in [0.4, 0.5) is 11.4 Å². The van der Waals surface area contributed by atoms with Crippen molar-refractivity contribution in [3.63, 3.8) is 0 Å². The van der Waals surface area contributed by atoms with Gasteiger partial charge in [0, 0.05) is 29.3 Å². The van der Waals surface area contributed by atoms with Crippen molar-refractivity contribution in [1.29, 1.82) is 0 Å². The fourth-order valence-corrected chi connectivity index (χ4v) is 2.74. The summed E-state index contributed by atoms with van der Waals surface area (Å²) in [6.07, 6.45) is 0. The Bertz CT molecular complexity index is 474. The van der Waals surface area contributed by atoms with E-state index in [1.54, 1.807) is 0 Å². The Kier molecular flexibility index (Phi) is 6.57. The summed E-state index contributed by atoms with van der Waals surface area (Å²) >= 11 is 11.8. The van der Waals surface area contributed by atoms with Gasteiger partial charge in [-0.1, -0.05) is 23.2 Å². The second-order valence-corrected chi connectivity index (χ2v) is 6.08. The molecule has 1 unspecified atom stereocenters. The highest BCUT2D eigenvalue weighted by Gasteiger charge is 2.13. The summed E-state index contributed by atoms with van der Waals surface area (Å²) in [7, 11) is 0.216. The van der Waals surface area contributed by atoms with Crippen LogP contribution in [0.2, 0.25) is 10.0 Å². The van der Waals surface area contributed by atoms with Gasteiger partial charge in [-0.25, -0.2) is 0 Å². The molecule has 5 nitrogen and oxygen atoms in total. The third kappa shape index (κ3) is 5.36. The minimum atomic E-state index is -1.29. The molecule has 0 aliphatic carbocycles. The number of anilines is 2. The molecular weight excluding hydrogens is 311 g/mol. The van der Waals surface area contributed by atoms with Crippen LogP contribution in [0.1, 0.15) is 0 Å². The van der Waals surface area contributed by atoms with E-state index in [4.69, 9.17) is 33.7 Å². The molecule has 0 saturated heterocycles. The smallest absolute Gasteiger partial charge is 0.237 e. The summed E-state index contributed by atoms with van der Waals surface area (Å²) < 4.78 is 16.3. The zero-order valence-electron chi connectivity index (χ0n) is 10.2. The summed E-state index contributed by atoms with van der Waals surface area (Å²) in [4.78, 5) is 11.7. The van der Waals surface area contributed by atoms with E-state index in [0.717, 1.165) is 0 Å². The number of hydrogen-bond acceptors (Lipinski definition) is 4. The minimum Gasteiger partial charge on any atom is -0.399 e. The zero-order chi connectivity index (χ0) is 14.4. The van der Waals surface area contributed by atoms with E-state index >= 15 is 0 Å². The molecule has 106 valence electrons. The second-order valence-electron chi connectivity index (χ2n) is 3.69. The van der Waals surface area contributed by atoms with Crippen molar-refractivity contribution >= 4 is 51.3 Å². The highest BCUT2D eigenvalue weighted by molar-refractivity contribution is 7.85. The number of amides is 1. The maximum absolute atomic E-state index is 11.7. The van der Waals surface area contributed by atoms with E-state index in [1.807, 2.05) is 0 Å². The van der Waals surface area contributed by atoms with Crippen LogP contribution < -0.4 is 11.1 Å². The Morgan fingerprint density at radius 1 is 1.42 bits per heavy atom. The van der Waals surface area contributed by atoms with Gasteiger partial charge in [-0.15, -0.1) is 0 Å². The molecule has 1 aromatic rings. The monoisotopic (exact) mass is 324 g/mol. The Morgan fingerprint density at radius 2 is 2.00 bits per heavy atom. The Morgan fingerprint density at radius 3 is 2.53 bits per heavy atom. The van der Waals surface area contributed by atoms with Gasteiger partial charge >= 0.3 is 0 Å². The van der Waals surface area contributed by atoms with Gasteiger partial charge in [0.2, 0.25) is 5.91 Å². The standard InChI is InChI=1S/C11H14Cl2N2O3S/c1-18-2-3-19(17)6-10(16)15-11-8(12)4-7(14)5-9(11)13/h4-5H,2-3,6,14H2,1H3,(H,15,16). The largest absolute Gasteiger partial charge is 0.399 e. The Balaban J connectivity index is 2.65. The molecule has 0 bridgehead atoms. The fraction of sp³-hybridized carbons (Fsp3) is 0.364. The number of nitrogen functional groups attached to an aromatic ring is 1. The number of methoxy groups -OCH3 is 1. The molecule has 3 N–H and O–H groups in total. The summed E-state index contributed by atoms with van der Waals surface area (Å²) in [6.45, 7) is 0.337. The van der Waals surface area contributed by atoms with Gasteiger partial charge < -0.3 is 15.8 Å². The lowest BCUT2D eigenvalue weighted by Crippen LogP contribution is -2.22. The lowest BCUT2D eigenvalue weighted by molar-refractivity contribution is -0.113. The highest BCUT2D eigenvalue weighted by atomic mass is 35.5. The van der Waals surface area contributed by atoms with Crippen LogP contribution in [-0.2, 0) is 20.3 Å². The van der Waals surface area contributed by atoms with Crippen molar-refractivity contribution in [1.82, 2.24) is 0 Å². The van der Waals surface area contributed by atoms with Gasteiger partial charge in [0.25, 0.3) is 0 Å². The quantitative estimate of drug-likeness (QED) is 0.783. The molecule has 0 aliphatic rings. The van der Waals surface area contributed by atoms with Gasteiger partial charge in [-0.05, 0) is 12.1 Å². The molecule has 1 atom stereocenters. The van der Waals surface area contributed by atoms with Gasteiger partial charge in [0.15, 0.2) is 0 Å². The molecule has 0 fully saturated rings. The predicted octanol–water partition coefficient (Wildman–Crippen LogP) is 1.91. The highest BCUT2D eigenvalue weighted by Crippen LogP contribution is 2.32. The lowest BCUT2D eigenvalue weighted by Gasteiger charge is -2.10. The number of ether oxygens (including phenoxy) is 1. The van der Waals surface area contributed by atoms with Crippen molar-refractivity contribution in [3.8, 4) is 0 Å². The summed E-state index contributed by atoms with van der Waals surface area (Å²) in [6, 6.07) is 2.95. The molecule has 0 radical (unpaired) electrons. The summed E-state index contributed by atoms with van der Waals surface area (Å²) in [5.74, 6) is -0.268. The van der Waals surface area contributed by atoms with Crippen LogP contribution in [0.15, 0.2) is 12.1 Å². The fourth-order valence-electron chi connectivity index (χ4n) is 1.28. The first kappa shape index (κ1) is 16.2. The van der Waals surface area contributed by atoms with E-state index in [0.29, 0.717) is 18.0 Å². The SMILES string of the molecule is COCCS(=O)CC(=O)Nc1c(Cl)cc(N)cc1Cl. The maximum Gasteiger partial charge on any atom is 0.237 e. The second kappa shape index (κ2) is 7.69. The average molecular weight is 325 g/mol. The van der Waals surface area contributed by atoms with E-state index in [9.17, 15) is 9.00 Å². The molecule has 1 amide bonds. The van der Waals surface area contributed by atoms with Crippen LogP contribution in [0, 0.1) is 0 Å². The number of nitrogens with one attached hydrogen (secondary N) is 1. The molecular formula is C11H14Cl2N2O3S. The van der Waals surface area contributed by atoms with E-state index in [1.165, 1.54) is 19.2 Å². The van der Waals surface area contributed by atoms with Crippen LogP contribution in [0.5, 0.6) is 0 Å². The number of hydrogen-bond donors (Lipinski definition) is 2. The first-order valence-electron chi connectivity index (χ1n) is 5.32. The van der Waals surface area contributed by atoms with Crippen molar-refractivity contribution in [2.75, 3.05) is 36.3 Å². The molecule has 1 rings (SSSR count). The maximum atomic E-state index is 11.7. The van der Waals surface area contributed by atoms with Crippen molar-refractivity contribution in [2.24, 2.45) is 0 Å². The molecule has 0 aromatic heterocycles. The number of carbonyl (C=O) groups is 1. The molecule has 0 heterocycles. The van der Waals surface area contributed by atoms with Crippen LogP contribution in [-0.4, -0.2) is 35.3 Å². The van der Waals surface area contributed by atoms with E-state index < -0.39 is 16.7 Å². The van der Waals surface area contributed by atoms with Crippen LogP contribution in [0.25, 0.3) is 0 Å². The number of halogens is 2. The Labute approximate surface area is 123 Å². The molecule has 1 aromatic carbocycles. The van der Waals surface area contributed by atoms with Crippen LogP contribution >= 0.6 is 23.2 Å². The molecule has 8 heteroatoms. The molecule has 0 saturated carbocycles. The molecule has 19 heavy (non-hydrogen) atoms. The average Bonchev–Trinajstić information content (AvgIpc) is 2.31. The van der Waals surface area contributed by atoms with Gasteiger partial charge in [-0.2, -0.15) is 0 Å². The topological polar surface area (TPSA) is 81.4 Å². The third-order valence-corrected chi connectivity index (χ3v) is 3.94. The number of nitrogens with two attached hydrogens (primary N) is 1. The van der Waals surface area contributed by atoms with Crippen LogP contribution in [0.3, 0.4) is 0 Å². The molecule has 0 spiro atoms.